The number of thiophene rings is 1. The van der Waals surface area contributed by atoms with Crippen molar-refractivity contribution in [3.8, 4) is 0 Å². The van der Waals surface area contributed by atoms with Gasteiger partial charge in [0.25, 0.3) is 0 Å². The third kappa shape index (κ3) is 3.10. The van der Waals surface area contributed by atoms with Crippen LogP contribution < -0.4 is 5.73 Å². The van der Waals surface area contributed by atoms with Gasteiger partial charge in [0.2, 0.25) is 5.91 Å². The van der Waals surface area contributed by atoms with Crippen molar-refractivity contribution in [3.05, 3.63) is 21.9 Å². The third-order valence-electron chi connectivity index (χ3n) is 3.30. The van der Waals surface area contributed by atoms with Gasteiger partial charge in [0.1, 0.15) is 0 Å². The first-order valence-corrected chi connectivity index (χ1v) is 7.19. The third-order valence-corrected chi connectivity index (χ3v) is 4.32. The lowest BCUT2D eigenvalue weighted by Crippen LogP contribution is -2.45. The van der Waals surface area contributed by atoms with Crippen molar-refractivity contribution in [1.82, 2.24) is 4.90 Å². The molecule has 100 valence electrons. The number of methoxy groups -OCH3 is 1. The van der Waals surface area contributed by atoms with Gasteiger partial charge in [-0.3, -0.25) is 4.79 Å². The fourth-order valence-electron chi connectivity index (χ4n) is 2.24. The summed E-state index contributed by atoms with van der Waals surface area (Å²) in [7, 11) is 1.66. The first-order chi connectivity index (χ1) is 8.72. The maximum absolute atomic E-state index is 12.2. The lowest BCUT2D eigenvalue weighted by molar-refractivity contribution is -0.133. The normalized spacial score (nSPS) is 16.4. The van der Waals surface area contributed by atoms with Crippen molar-refractivity contribution in [3.63, 3.8) is 0 Å². The highest BCUT2D eigenvalue weighted by Crippen LogP contribution is 2.24. The van der Waals surface area contributed by atoms with E-state index < -0.39 is 0 Å². The number of nitrogens with two attached hydrogens (primary N) is 1. The summed E-state index contributed by atoms with van der Waals surface area (Å²) in [6.07, 6.45) is 2.49. The first-order valence-electron chi connectivity index (χ1n) is 6.31. The van der Waals surface area contributed by atoms with E-state index in [1.165, 1.54) is 10.4 Å². The van der Waals surface area contributed by atoms with Crippen LogP contribution in [0, 0.1) is 0 Å². The number of hydrogen-bond acceptors (Lipinski definition) is 4. The van der Waals surface area contributed by atoms with Gasteiger partial charge in [-0.25, -0.2) is 0 Å². The zero-order chi connectivity index (χ0) is 13.0. The van der Waals surface area contributed by atoms with Crippen LogP contribution in [0.25, 0.3) is 0 Å². The number of ether oxygens (including phenoxy) is 1. The molecule has 0 aliphatic carbocycles. The molecule has 1 aliphatic heterocycles. The molecule has 2 rings (SSSR count). The summed E-state index contributed by atoms with van der Waals surface area (Å²) < 4.78 is 4.97. The second kappa shape index (κ2) is 6.31. The lowest BCUT2D eigenvalue weighted by Gasteiger charge is -2.29. The minimum Gasteiger partial charge on any atom is -0.385 e. The molecule has 2 heterocycles. The topological polar surface area (TPSA) is 55.6 Å². The number of amides is 1. The Morgan fingerprint density at radius 2 is 2.50 bits per heavy atom. The molecule has 1 amide bonds. The molecule has 0 bridgehead atoms. The fourth-order valence-corrected chi connectivity index (χ4v) is 3.13. The molecule has 5 heteroatoms. The van der Waals surface area contributed by atoms with E-state index in [-0.39, 0.29) is 11.9 Å². The van der Waals surface area contributed by atoms with Gasteiger partial charge >= 0.3 is 0 Å². The molecule has 0 aromatic carbocycles. The molecule has 0 saturated heterocycles. The Hall–Kier alpha value is -0.910. The summed E-state index contributed by atoms with van der Waals surface area (Å²) in [5, 5.41) is 2.09. The smallest absolute Gasteiger partial charge is 0.239 e. The van der Waals surface area contributed by atoms with Gasteiger partial charge in [-0.05, 0) is 36.3 Å². The molecule has 1 unspecified atom stereocenters. The molecule has 1 aromatic rings. The molecule has 0 radical (unpaired) electrons. The number of hydrogen-bond donors (Lipinski definition) is 1. The van der Waals surface area contributed by atoms with E-state index in [1.807, 2.05) is 4.90 Å². The predicted octanol–water partition coefficient (Wildman–Crippen LogP) is 1.39. The number of fused-ring (bicyclic) bond motifs is 1. The SMILES string of the molecule is COCCCC(N)C(=O)N1CCc2sccc2C1. The Morgan fingerprint density at radius 1 is 1.67 bits per heavy atom. The average Bonchev–Trinajstić information content (AvgIpc) is 2.85. The van der Waals surface area contributed by atoms with Crippen LogP contribution in [-0.4, -0.2) is 37.1 Å². The summed E-state index contributed by atoms with van der Waals surface area (Å²) in [6, 6.07) is 1.72. The van der Waals surface area contributed by atoms with Gasteiger partial charge in [-0.2, -0.15) is 0 Å². The van der Waals surface area contributed by atoms with Crippen LogP contribution in [0.1, 0.15) is 23.3 Å². The number of nitrogens with zero attached hydrogens (tertiary/aromatic N) is 1. The van der Waals surface area contributed by atoms with Crippen molar-refractivity contribution in [2.24, 2.45) is 5.73 Å². The highest BCUT2D eigenvalue weighted by atomic mass is 32.1. The van der Waals surface area contributed by atoms with Gasteiger partial charge in [-0.15, -0.1) is 11.3 Å². The molecule has 18 heavy (non-hydrogen) atoms. The standard InChI is InChI=1S/C13H20N2O2S/c1-17-7-2-3-11(14)13(16)15-6-4-12-10(9-15)5-8-18-12/h5,8,11H,2-4,6-7,9,14H2,1H3. The molecule has 1 aromatic heterocycles. The zero-order valence-electron chi connectivity index (χ0n) is 10.7. The average molecular weight is 268 g/mol. The molecule has 2 N–H and O–H groups in total. The van der Waals surface area contributed by atoms with Crippen LogP contribution in [0.15, 0.2) is 11.4 Å². The second-order valence-electron chi connectivity index (χ2n) is 4.62. The van der Waals surface area contributed by atoms with Gasteiger partial charge in [0, 0.05) is 31.7 Å². The van der Waals surface area contributed by atoms with E-state index in [4.69, 9.17) is 10.5 Å². The Labute approximate surface area is 112 Å². The Kier molecular flexibility index (Phi) is 4.74. The van der Waals surface area contributed by atoms with Crippen LogP contribution >= 0.6 is 11.3 Å². The summed E-state index contributed by atoms with van der Waals surface area (Å²) >= 11 is 1.78. The highest BCUT2D eigenvalue weighted by Gasteiger charge is 2.25. The molecule has 1 aliphatic rings. The molecule has 0 saturated carbocycles. The van der Waals surface area contributed by atoms with Crippen LogP contribution in [0.5, 0.6) is 0 Å². The lowest BCUT2D eigenvalue weighted by atomic mass is 10.1. The quantitative estimate of drug-likeness (QED) is 0.821. The van der Waals surface area contributed by atoms with E-state index in [0.717, 1.165) is 25.9 Å². The highest BCUT2D eigenvalue weighted by molar-refractivity contribution is 7.10. The van der Waals surface area contributed by atoms with E-state index in [0.29, 0.717) is 13.0 Å². The summed E-state index contributed by atoms with van der Waals surface area (Å²) in [6.45, 7) is 2.18. The Morgan fingerprint density at radius 3 is 3.28 bits per heavy atom. The van der Waals surface area contributed by atoms with Crippen LogP contribution in [0.3, 0.4) is 0 Å². The molecule has 0 fully saturated rings. The van der Waals surface area contributed by atoms with Crippen molar-refractivity contribution in [2.45, 2.75) is 31.8 Å². The number of carbonyl (C=O) groups excluding carboxylic acids is 1. The van der Waals surface area contributed by atoms with Gasteiger partial charge in [0.15, 0.2) is 0 Å². The van der Waals surface area contributed by atoms with Gasteiger partial charge in [0.05, 0.1) is 6.04 Å². The monoisotopic (exact) mass is 268 g/mol. The summed E-state index contributed by atoms with van der Waals surface area (Å²) in [4.78, 5) is 15.5. The van der Waals surface area contributed by atoms with Crippen molar-refractivity contribution in [2.75, 3.05) is 20.3 Å². The first kappa shape index (κ1) is 13.5. The maximum atomic E-state index is 12.2. The minimum atomic E-state index is -0.389. The maximum Gasteiger partial charge on any atom is 0.239 e. The molecule has 1 atom stereocenters. The fraction of sp³-hybridized carbons (Fsp3) is 0.615. The Balaban J connectivity index is 1.87. The summed E-state index contributed by atoms with van der Waals surface area (Å²) in [5.41, 5.74) is 7.22. The largest absolute Gasteiger partial charge is 0.385 e. The number of carbonyl (C=O) groups is 1. The predicted molar refractivity (Wildman–Crippen MR) is 72.5 cm³/mol. The van der Waals surface area contributed by atoms with Crippen molar-refractivity contribution >= 4 is 17.2 Å². The Bertz CT molecular complexity index is 405. The van der Waals surface area contributed by atoms with Crippen molar-refractivity contribution in [1.29, 1.82) is 0 Å². The number of rotatable bonds is 5. The van der Waals surface area contributed by atoms with Crippen LogP contribution in [0.4, 0.5) is 0 Å². The molecular weight excluding hydrogens is 248 g/mol. The van der Waals surface area contributed by atoms with E-state index in [2.05, 4.69) is 11.4 Å². The summed E-state index contributed by atoms with van der Waals surface area (Å²) in [5.74, 6) is 0.0722. The second-order valence-corrected chi connectivity index (χ2v) is 5.62. The van der Waals surface area contributed by atoms with E-state index in [1.54, 1.807) is 18.4 Å². The van der Waals surface area contributed by atoms with Crippen molar-refractivity contribution < 1.29 is 9.53 Å². The van der Waals surface area contributed by atoms with E-state index >= 15 is 0 Å². The molecule has 4 nitrogen and oxygen atoms in total. The zero-order valence-corrected chi connectivity index (χ0v) is 11.5. The van der Waals surface area contributed by atoms with Gasteiger partial charge < -0.3 is 15.4 Å². The molecular formula is C13H20N2O2S. The van der Waals surface area contributed by atoms with Gasteiger partial charge in [-0.1, -0.05) is 0 Å². The van der Waals surface area contributed by atoms with E-state index in [9.17, 15) is 4.79 Å². The molecule has 0 spiro atoms. The minimum absolute atomic E-state index is 0.0722. The van der Waals surface area contributed by atoms with Crippen LogP contribution in [0.2, 0.25) is 0 Å². The van der Waals surface area contributed by atoms with Crippen LogP contribution in [-0.2, 0) is 22.5 Å².